The fraction of sp³-hybridized carbons (Fsp3) is 0.0769. The average Bonchev–Trinajstić information content (AvgIpc) is 3.47. The molecule has 5 aromatic rings. The molecule has 0 amide bonds. The van der Waals surface area contributed by atoms with Gasteiger partial charge in [0.05, 0.1) is 5.52 Å². The van der Waals surface area contributed by atoms with E-state index >= 15 is 0 Å². The van der Waals surface area contributed by atoms with Crippen molar-refractivity contribution in [3.8, 4) is 27.4 Å². The topological polar surface area (TPSA) is 64.4 Å². The normalized spacial score (nSPS) is 11.1. The van der Waals surface area contributed by atoms with Gasteiger partial charge < -0.3 is 9.84 Å². The van der Waals surface area contributed by atoms with Crippen LogP contribution in [0.15, 0.2) is 83.3 Å². The van der Waals surface area contributed by atoms with E-state index in [0.717, 1.165) is 43.1 Å². The number of thiazole rings is 1. The Morgan fingerprint density at radius 3 is 2.62 bits per heavy atom. The van der Waals surface area contributed by atoms with E-state index in [0.29, 0.717) is 5.75 Å². The third kappa shape index (κ3) is 4.55. The number of hydrogen-bond acceptors (Lipinski definition) is 5. The van der Waals surface area contributed by atoms with Gasteiger partial charge in [0.1, 0.15) is 16.6 Å². The molecule has 0 aliphatic heterocycles. The maximum atomic E-state index is 13.4. The number of rotatable bonds is 7. The van der Waals surface area contributed by atoms with Crippen LogP contribution < -0.4 is 4.74 Å². The van der Waals surface area contributed by atoms with Crippen LogP contribution in [-0.2, 0) is 4.79 Å². The van der Waals surface area contributed by atoms with Crippen LogP contribution >= 0.6 is 23.3 Å². The summed E-state index contributed by atoms with van der Waals surface area (Å²) in [4.78, 5) is 16.3. The summed E-state index contributed by atoms with van der Waals surface area (Å²) in [5.41, 5.74) is 4.87. The summed E-state index contributed by atoms with van der Waals surface area (Å²) in [7, 11) is 0. The van der Waals surface area contributed by atoms with Gasteiger partial charge in [0.25, 0.3) is 0 Å². The Kier molecular flexibility index (Phi) is 6.08. The van der Waals surface area contributed by atoms with Crippen molar-refractivity contribution in [3.63, 3.8) is 0 Å². The highest BCUT2D eigenvalue weighted by atomic mass is 32.2. The lowest BCUT2D eigenvalue weighted by Gasteiger charge is -2.10. The van der Waals surface area contributed by atoms with Crippen LogP contribution in [0.25, 0.3) is 32.6 Å². The molecule has 0 saturated carbocycles. The molecule has 2 heterocycles. The molecule has 0 fully saturated rings. The second-order valence-electron chi connectivity index (χ2n) is 7.65. The number of carbonyl (C=O) groups is 1. The first-order chi connectivity index (χ1) is 16.5. The number of nitrogens with zero attached hydrogens (tertiary/aromatic N) is 2. The van der Waals surface area contributed by atoms with Gasteiger partial charge in [-0.15, -0.1) is 11.3 Å². The van der Waals surface area contributed by atoms with Crippen LogP contribution in [0.3, 0.4) is 0 Å². The minimum Gasteiger partial charge on any atom is -0.482 e. The van der Waals surface area contributed by atoms with E-state index in [2.05, 4.69) is 27.3 Å². The molecule has 0 aliphatic rings. The van der Waals surface area contributed by atoms with Crippen LogP contribution in [0.4, 0.5) is 4.39 Å². The van der Waals surface area contributed by atoms with Crippen LogP contribution in [0.1, 0.15) is 5.56 Å². The van der Waals surface area contributed by atoms with E-state index in [1.165, 1.54) is 12.1 Å². The molecular formula is C26H19FN2O3S2. The highest BCUT2D eigenvalue weighted by molar-refractivity contribution is 7.98. The van der Waals surface area contributed by atoms with E-state index in [-0.39, 0.29) is 12.4 Å². The van der Waals surface area contributed by atoms with E-state index in [1.807, 2.05) is 30.5 Å². The molecule has 1 N–H and O–H groups in total. The fourth-order valence-corrected chi connectivity index (χ4v) is 5.38. The number of fused-ring (bicyclic) bond motifs is 1. The SMILES string of the molecule is Cc1cc(Sn2cc(-c3nccs3)c3cc(-c4ccc(F)cc4)ccc32)ccc1OCC(=O)O. The van der Waals surface area contributed by atoms with Crippen LogP contribution in [-0.4, -0.2) is 26.6 Å². The molecule has 0 radical (unpaired) electrons. The van der Waals surface area contributed by atoms with Gasteiger partial charge in [-0.25, -0.2) is 14.2 Å². The van der Waals surface area contributed by atoms with Crippen molar-refractivity contribution >= 4 is 40.2 Å². The predicted molar refractivity (Wildman–Crippen MR) is 134 cm³/mol. The third-order valence-electron chi connectivity index (χ3n) is 5.31. The minimum atomic E-state index is -1.01. The van der Waals surface area contributed by atoms with E-state index < -0.39 is 5.97 Å². The highest BCUT2D eigenvalue weighted by Gasteiger charge is 2.15. The van der Waals surface area contributed by atoms with Crippen molar-refractivity contribution in [1.82, 2.24) is 8.96 Å². The van der Waals surface area contributed by atoms with Crippen molar-refractivity contribution in [3.05, 3.63) is 89.8 Å². The second kappa shape index (κ2) is 9.32. The Morgan fingerprint density at radius 2 is 1.91 bits per heavy atom. The van der Waals surface area contributed by atoms with Crippen molar-refractivity contribution in [2.24, 2.45) is 0 Å². The maximum absolute atomic E-state index is 13.4. The summed E-state index contributed by atoms with van der Waals surface area (Å²) in [6, 6.07) is 18.4. The standard InChI is InChI=1S/C26H19FN2O3S2/c1-16-12-20(7-9-24(16)32-15-25(30)31)34-29-14-22(26-28-10-11-33-26)21-13-18(4-8-23(21)29)17-2-5-19(27)6-3-17/h2-14H,15H2,1H3,(H,30,31). The van der Waals surface area contributed by atoms with Crippen molar-refractivity contribution in [2.75, 3.05) is 6.61 Å². The zero-order chi connectivity index (χ0) is 23.7. The first-order valence-electron chi connectivity index (χ1n) is 10.4. The Hall–Kier alpha value is -3.62. The average molecular weight is 491 g/mol. The molecule has 0 bridgehead atoms. The molecule has 170 valence electrons. The minimum absolute atomic E-state index is 0.259. The molecule has 0 spiro atoms. The van der Waals surface area contributed by atoms with Crippen molar-refractivity contribution in [1.29, 1.82) is 0 Å². The molecule has 2 aromatic heterocycles. The van der Waals surface area contributed by atoms with Crippen LogP contribution in [0.5, 0.6) is 5.75 Å². The lowest BCUT2D eigenvalue weighted by Crippen LogP contribution is -2.10. The molecule has 0 atom stereocenters. The summed E-state index contributed by atoms with van der Waals surface area (Å²) in [6.45, 7) is 1.52. The Bertz CT molecular complexity index is 1480. The Morgan fingerprint density at radius 1 is 1.12 bits per heavy atom. The second-order valence-corrected chi connectivity index (χ2v) is 9.59. The molecule has 5 nitrogen and oxygen atoms in total. The molecular weight excluding hydrogens is 471 g/mol. The van der Waals surface area contributed by atoms with Crippen molar-refractivity contribution < 1.29 is 19.0 Å². The molecule has 34 heavy (non-hydrogen) atoms. The predicted octanol–water partition coefficient (Wildman–Crippen LogP) is 6.90. The lowest BCUT2D eigenvalue weighted by molar-refractivity contribution is -0.139. The largest absolute Gasteiger partial charge is 0.482 e. The van der Waals surface area contributed by atoms with Gasteiger partial charge in [0.15, 0.2) is 6.61 Å². The maximum Gasteiger partial charge on any atom is 0.341 e. The zero-order valence-electron chi connectivity index (χ0n) is 18.1. The fourth-order valence-electron chi connectivity index (χ4n) is 3.72. The summed E-state index contributed by atoms with van der Waals surface area (Å²) in [5.74, 6) is -0.714. The lowest BCUT2D eigenvalue weighted by atomic mass is 10.0. The van der Waals surface area contributed by atoms with Gasteiger partial charge in [0.2, 0.25) is 0 Å². The molecule has 0 saturated heterocycles. The zero-order valence-corrected chi connectivity index (χ0v) is 19.7. The number of carboxylic acids is 1. The monoisotopic (exact) mass is 490 g/mol. The van der Waals surface area contributed by atoms with Gasteiger partial charge >= 0.3 is 5.97 Å². The molecule has 3 aromatic carbocycles. The summed E-state index contributed by atoms with van der Waals surface area (Å²) in [6.07, 6.45) is 3.87. The number of aliphatic carboxylic acids is 1. The van der Waals surface area contributed by atoms with Crippen LogP contribution in [0, 0.1) is 12.7 Å². The number of ether oxygens (including phenoxy) is 1. The third-order valence-corrected chi connectivity index (χ3v) is 7.08. The Labute approximate surface area is 203 Å². The summed E-state index contributed by atoms with van der Waals surface area (Å²) in [5, 5.41) is 12.8. The van der Waals surface area contributed by atoms with E-state index in [9.17, 15) is 9.18 Å². The number of aromatic nitrogens is 2. The van der Waals surface area contributed by atoms with Crippen molar-refractivity contribution in [2.45, 2.75) is 11.8 Å². The first kappa shape index (κ1) is 22.2. The molecule has 8 heteroatoms. The highest BCUT2D eigenvalue weighted by Crippen LogP contribution is 2.38. The van der Waals surface area contributed by atoms with E-state index in [4.69, 9.17) is 9.84 Å². The van der Waals surface area contributed by atoms with Gasteiger partial charge in [-0.1, -0.05) is 18.2 Å². The van der Waals surface area contributed by atoms with Gasteiger partial charge in [-0.05, 0) is 78.0 Å². The quantitative estimate of drug-likeness (QED) is 0.269. The molecule has 0 unspecified atom stereocenters. The smallest absolute Gasteiger partial charge is 0.341 e. The summed E-state index contributed by atoms with van der Waals surface area (Å²) < 4.78 is 20.8. The van der Waals surface area contributed by atoms with Gasteiger partial charge in [0, 0.05) is 33.6 Å². The number of aryl methyl sites for hydroxylation is 1. The van der Waals surface area contributed by atoms with Gasteiger partial charge in [-0.3, -0.25) is 3.97 Å². The number of halogens is 1. The molecule has 0 aliphatic carbocycles. The molecule has 5 rings (SSSR count). The Balaban J connectivity index is 1.53. The number of hydrogen-bond donors (Lipinski definition) is 1. The first-order valence-corrected chi connectivity index (χ1v) is 12.1. The van der Waals surface area contributed by atoms with Gasteiger partial charge in [-0.2, -0.15) is 0 Å². The number of carboxylic acid groups (broad SMARTS) is 1. The van der Waals surface area contributed by atoms with Crippen LogP contribution in [0.2, 0.25) is 0 Å². The number of benzene rings is 3. The summed E-state index contributed by atoms with van der Waals surface area (Å²) >= 11 is 3.14. The van der Waals surface area contributed by atoms with E-state index in [1.54, 1.807) is 47.7 Å².